The zero-order valence-electron chi connectivity index (χ0n) is 13.6. The van der Waals surface area contributed by atoms with Gasteiger partial charge < -0.3 is 4.74 Å². The molecule has 0 aromatic heterocycles. The molecule has 2 aromatic carbocycles. The highest BCUT2D eigenvalue weighted by Gasteiger charge is 2.40. The van der Waals surface area contributed by atoms with E-state index in [0.717, 1.165) is 19.5 Å². The second kappa shape index (κ2) is 6.02. The van der Waals surface area contributed by atoms with Crippen LogP contribution in [0.3, 0.4) is 0 Å². The maximum absolute atomic E-state index is 11.5. The molecule has 2 aromatic rings. The predicted octanol–water partition coefficient (Wildman–Crippen LogP) is 1.91. The van der Waals surface area contributed by atoms with Crippen LogP contribution in [0.5, 0.6) is 0 Å². The summed E-state index contributed by atoms with van der Waals surface area (Å²) in [5, 5.41) is 9.97. The highest BCUT2D eigenvalue weighted by Crippen LogP contribution is 2.38. The molecule has 4 rings (SSSR count). The first-order valence-electron chi connectivity index (χ1n) is 8.31. The first kappa shape index (κ1) is 15.3. The Morgan fingerprint density at radius 3 is 2.50 bits per heavy atom. The normalized spacial score (nSPS) is 21.0. The molecule has 24 heavy (non-hydrogen) atoms. The largest absolute Gasteiger partial charge is 0.416 e. The van der Waals surface area contributed by atoms with Gasteiger partial charge in [0.1, 0.15) is 0 Å². The molecule has 1 fully saturated rings. The van der Waals surface area contributed by atoms with Crippen molar-refractivity contribution in [1.82, 2.24) is 16.0 Å². The summed E-state index contributed by atoms with van der Waals surface area (Å²) in [6.45, 7) is 2.91. The fourth-order valence-electron chi connectivity index (χ4n) is 3.67. The van der Waals surface area contributed by atoms with Crippen LogP contribution >= 0.6 is 0 Å². The van der Waals surface area contributed by atoms with Crippen LogP contribution in [-0.2, 0) is 16.0 Å². The van der Waals surface area contributed by atoms with Gasteiger partial charge in [0.15, 0.2) is 0 Å². The van der Waals surface area contributed by atoms with E-state index in [0.29, 0.717) is 0 Å². The molecule has 0 spiro atoms. The Kier molecular flexibility index (Phi) is 3.84. The zero-order chi connectivity index (χ0) is 16.6. The summed E-state index contributed by atoms with van der Waals surface area (Å²) >= 11 is 0. The quantitative estimate of drug-likeness (QED) is 0.595. The summed E-state index contributed by atoms with van der Waals surface area (Å²) in [7, 11) is 0. The van der Waals surface area contributed by atoms with Gasteiger partial charge in [-0.3, -0.25) is 15.4 Å². The fraction of sp³-hybridized carbons (Fsp3) is 0.316. The average Bonchev–Trinajstić information content (AvgIpc) is 3.02. The molecule has 0 radical (unpaired) electrons. The Labute approximate surface area is 141 Å². The second-order valence-corrected chi connectivity index (χ2v) is 6.27. The maximum atomic E-state index is 11.5. The van der Waals surface area contributed by atoms with Gasteiger partial charge in [0.05, 0.1) is 0 Å². The lowest BCUT2D eigenvalue weighted by Gasteiger charge is -2.37. The molecule has 5 nitrogen and oxygen atoms in total. The van der Waals surface area contributed by atoms with Crippen LogP contribution in [0.25, 0.3) is 11.1 Å². The van der Waals surface area contributed by atoms with Gasteiger partial charge in [-0.1, -0.05) is 48.5 Å². The third-order valence-corrected chi connectivity index (χ3v) is 4.61. The Morgan fingerprint density at radius 1 is 1.08 bits per heavy atom. The molecule has 1 heterocycles. The summed E-state index contributed by atoms with van der Waals surface area (Å²) in [6.07, 6.45) is 0.847. The van der Waals surface area contributed by atoms with E-state index in [-0.39, 0.29) is 12.0 Å². The predicted molar refractivity (Wildman–Crippen MR) is 92.0 cm³/mol. The van der Waals surface area contributed by atoms with Gasteiger partial charge in [-0.25, -0.2) is 5.32 Å². The second-order valence-electron chi connectivity index (χ2n) is 6.27. The molecule has 0 amide bonds. The Balaban J connectivity index is 1.70. The van der Waals surface area contributed by atoms with Gasteiger partial charge in [0.25, 0.3) is 5.97 Å². The van der Waals surface area contributed by atoms with E-state index in [1.54, 1.807) is 0 Å². The van der Waals surface area contributed by atoms with Gasteiger partial charge in [0.2, 0.25) is 0 Å². The molecule has 5 heteroatoms. The first-order valence-corrected chi connectivity index (χ1v) is 8.31. The number of hydrogen-bond donors (Lipinski definition) is 3. The Hall–Kier alpha value is -2.21. The van der Waals surface area contributed by atoms with Gasteiger partial charge in [-0.15, -0.1) is 0 Å². The van der Waals surface area contributed by atoms with E-state index >= 15 is 0 Å². The molecule has 1 aliphatic carbocycles. The number of nitrogens with one attached hydrogen (secondary N) is 3. The minimum Gasteiger partial charge on any atom is -0.416 e. The third-order valence-electron chi connectivity index (χ3n) is 4.61. The highest BCUT2D eigenvalue weighted by molar-refractivity contribution is 5.74. The molecule has 1 aliphatic heterocycles. The summed E-state index contributed by atoms with van der Waals surface area (Å²) in [6, 6.07) is 16.9. The van der Waals surface area contributed by atoms with Crippen LogP contribution in [0, 0.1) is 0 Å². The molecule has 1 atom stereocenters. The van der Waals surface area contributed by atoms with Crippen LogP contribution in [0.15, 0.2) is 48.5 Å². The van der Waals surface area contributed by atoms with E-state index in [2.05, 4.69) is 64.5 Å². The molecule has 1 saturated heterocycles. The number of benzene rings is 2. The van der Waals surface area contributed by atoms with E-state index in [1.807, 2.05) is 0 Å². The molecule has 0 saturated carbocycles. The first-order chi connectivity index (χ1) is 11.7. The minimum atomic E-state index is -1.00. The van der Waals surface area contributed by atoms with Gasteiger partial charge >= 0.3 is 5.97 Å². The summed E-state index contributed by atoms with van der Waals surface area (Å²) < 4.78 is 5.53. The average molecular weight is 323 g/mol. The van der Waals surface area contributed by atoms with Crippen LogP contribution in [-0.4, -0.2) is 25.0 Å². The van der Waals surface area contributed by atoms with Crippen LogP contribution in [0.4, 0.5) is 0 Å². The maximum Gasteiger partial charge on any atom is 0.306 e. The summed E-state index contributed by atoms with van der Waals surface area (Å²) in [5.41, 5.74) is 5.02. The van der Waals surface area contributed by atoms with E-state index in [4.69, 9.17) is 4.74 Å². The standard InChI is InChI=1S/C19H21N3O2/c1-13(23)24-19(20-10-11-21-19)22-18-12-14-6-2-3-7-15(14)16-8-4-5-9-17(16)18/h2-9,18,20-22H,10-12H2,1H3. The van der Waals surface area contributed by atoms with Crippen molar-refractivity contribution in [3.63, 3.8) is 0 Å². The lowest BCUT2D eigenvalue weighted by molar-refractivity contribution is -0.168. The fourth-order valence-corrected chi connectivity index (χ4v) is 3.67. The van der Waals surface area contributed by atoms with Crippen LogP contribution < -0.4 is 16.0 Å². The molecule has 3 N–H and O–H groups in total. The van der Waals surface area contributed by atoms with Crippen molar-refractivity contribution in [2.24, 2.45) is 0 Å². The molecular formula is C19H21N3O2. The topological polar surface area (TPSA) is 62.4 Å². The molecule has 0 bridgehead atoms. The van der Waals surface area contributed by atoms with Crippen molar-refractivity contribution in [3.8, 4) is 11.1 Å². The molecule has 1 unspecified atom stereocenters. The number of rotatable bonds is 3. The highest BCUT2D eigenvalue weighted by atomic mass is 16.6. The Bertz CT molecular complexity index is 769. The van der Waals surface area contributed by atoms with Crippen molar-refractivity contribution in [1.29, 1.82) is 0 Å². The van der Waals surface area contributed by atoms with E-state index in [1.165, 1.54) is 29.2 Å². The van der Waals surface area contributed by atoms with E-state index < -0.39 is 5.97 Å². The van der Waals surface area contributed by atoms with Crippen molar-refractivity contribution in [3.05, 3.63) is 59.7 Å². The summed E-state index contributed by atoms with van der Waals surface area (Å²) in [4.78, 5) is 11.5. The third kappa shape index (κ3) is 2.71. The van der Waals surface area contributed by atoms with Gasteiger partial charge in [0, 0.05) is 26.1 Å². The summed E-state index contributed by atoms with van der Waals surface area (Å²) in [5.74, 6) is -1.33. The molecular weight excluding hydrogens is 302 g/mol. The van der Waals surface area contributed by atoms with Gasteiger partial charge in [-0.05, 0) is 28.7 Å². The van der Waals surface area contributed by atoms with Crippen LogP contribution in [0.1, 0.15) is 24.1 Å². The number of carbonyl (C=O) groups is 1. The zero-order valence-corrected chi connectivity index (χ0v) is 13.6. The lowest BCUT2D eigenvalue weighted by atomic mass is 9.82. The SMILES string of the molecule is CC(=O)OC1(NC2Cc3ccccc3-c3ccccc32)NCCN1. The van der Waals surface area contributed by atoms with Gasteiger partial charge in [-0.2, -0.15) is 0 Å². The molecule has 124 valence electrons. The monoisotopic (exact) mass is 323 g/mol. The van der Waals surface area contributed by atoms with Crippen molar-refractivity contribution < 1.29 is 9.53 Å². The van der Waals surface area contributed by atoms with Crippen molar-refractivity contribution in [2.75, 3.05) is 13.1 Å². The van der Waals surface area contributed by atoms with Crippen LogP contribution in [0.2, 0.25) is 0 Å². The van der Waals surface area contributed by atoms with Crippen molar-refractivity contribution in [2.45, 2.75) is 25.4 Å². The number of ether oxygens (including phenoxy) is 1. The molecule has 2 aliphatic rings. The van der Waals surface area contributed by atoms with Crippen molar-refractivity contribution >= 4 is 5.97 Å². The smallest absolute Gasteiger partial charge is 0.306 e. The Morgan fingerprint density at radius 2 is 1.75 bits per heavy atom. The number of fused-ring (bicyclic) bond motifs is 3. The number of hydrogen-bond acceptors (Lipinski definition) is 5. The minimum absolute atomic E-state index is 0.0496. The van der Waals surface area contributed by atoms with E-state index in [9.17, 15) is 4.79 Å². The number of carbonyl (C=O) groups excluding carboxylic acids is 1. The number of esters is 1. The lowest BCUT2D eigenvalue weighted by Crippen LogP contribution is -2.64.